The molecule has 1 unspecified atom stereocenters. The molecule has 0 bridgehead atoms. The van der Waals surface area contributed by atoms with Crippen LogP contribution in [0.25, 0.3) is 0 Å². The molecule has 0 aliphatic carbocycles. The third-order valence-electron chi connectivity index (χ3n) is 3.66. The van der Waals surface area contributed by atoms with Crippen molar-refractivity contribution in [2.75, 3.05) is 0 Å². The van der Waals surface area contributed by atoms with Crippen molar-refractivity contribution in [2.24, 2.45) is 5.92 Å². The van der Waals surface area contributed by atoms with Crippen LogP contribution >= 0.6 is 0 Å². The average molecular weight is 326 g/mol. The predicted molar refractivity (Wildman–Crippen MR) is 87.6 cm³/mol. The van der Waals surface area contributed by atoms with E-state index in [0.717, 1.165) is 31.2 Å². The highest BCUT2D eigenvalue weighted by Crippen LogP contribution is 2.14. The highest BCUT2D eigenvalue weighted by molar-refractivity contribution is 7.89. The Labute approximate surface area is 133 Å². The summed E-state index contributed by atoms with van der Waals surface area (Å²) in [6.07, 6.45) is 4.63. The standard InChI is InChI=1S/C16H26N2O3S/c1-4-6-7-8-14(5-2)16(19)17-18-22(20,21)15-11-9-13(3)10-12-15/h9-12,14,18H,4-8H2,1-3H3,(H,17,19). The molecule has 22 heavy (non-hydrogen) atoms. The fourth-order valence-electron chi connectivity index (χ4n) is 2.16. The first-order chi connectivity index (χ1) is 10.4. The lowest BCUT2D eigenvalue weighted by Crippen LogP contribution is -2.44. The van der Waals surface area contributed by atoms with Gasteiger partial charge in [-0.1, -0.05) is 50.8 Å². The summed E-state index contributed by atoms with van der Waals surface area (Å²) in [5.41, 5.74) is 3.31. The van der Waals surface area contributed by atoms with Gasteiger partial charge in [0, 0.05) is 5.92 Å². The summed E-state index contributed by atoms with van der Waals surface area (Å²) in [6, 6.07) is 6.47. The molecule has 0 heterocycles. The summed E-state index contributed by atoms with van der Waals surface area (Å²) in [5, 5.41) is 0. The molecule has 1 rings (SSSR count). The Morgan fingerprint density at radius 2 is 1.77 bits per heavy atom. The monoisotopic (exact) mass is 326 g/mol. The van der Waals surface area contributed by atoms with Crippen LogP contribution in [0.5, 0.6) is 0 Å². The molecule has 1 atom stereocenters. The van der Waals surface area contributed by atoms with Crippen molar-refractivity contribution in [1.29, 1.82) is 0 Å². The van der Waals surface area contributed by atoms with Gasteiger partial charge in [0.2, 0.25) is 5.91 Å². The first-order valence-electron chi connectivity index (χ1n) is 7.79. The van der Waals surface area contributed by atoms with Gasteiger partial charge in [-0.05, 0) is 31.9 Å². The number of carbonyl (C=O) groups is 1. The van der Waals surface area contributed by atoms with E-state index in [4.69, 9.17) is 0 Å². The Kier molecular flexibility index (Phi) is 7.55. The Bertz CT molecular complexity index is 568. The van der Waals surface area contributed by atoms with Gasteiger partial charge in [-0.15, -0.1) is 4.83 Å². The summed E-state index contributed by atoms with van der Waals surface area (Å²) in [6.45, 7) is 5.93. The van der Waals surface area contributed by atoms with Crippen LogP contribution in [0.3, 0.4) is 0 Å². The minimum atomic E-state index is -3.72. The van der Waals surface area contributed by atoms with Gasteiger partial charge in [0.1, 0.15) is 0 Å². The number of carbonyl (C=O) groups excluding carboxylic acids is 1. The zero-order chi connectivity index (χ0) is 16.6. The quantitative estimate of drug-likeness (QED) is 0.541. The number of benzene rings is 1. The van der Waals surface area contributed by atoms with Crippen molar-refractivity contribution in [3.8, 4) is 0 Å². The number of hydrogen-bond donors (Lipinski definition) is 2. The molecule has 6 heteroatoms. The molecule has 1 aromatic carbocycles. The minimum absolute atomic E-state index is 0.137. The summed E-state index contributed by atoms with van der Waals surface area (Å²) in [5.74, 6) is -0.429. The number of aryl methyl sites for hydroxylation is 1. The Hall–Kier alpha value is -1.40. The number of hydrazine groups is 1. The molecule has 0 fully saturated rings. The predicted octanol–water partition coefficient (Wildman–Crippen LogP) is 2.91. The largest absolute Gasteiger partial charge is 0.277 e. The average Bonchev–Trinajstić information content (AvgIpc) is 2.50. The van der Waals surface area contributed by atoms with Crippen molar-refractivity contribution >= 4 is 15.9 Å². The lowest BCUT2D eigenvalue weighted by Gasteiger charge is -2.15. The SMILES string of the molecule is CCCCCC(CC)C(=O)NNS(=O)(=O)c1ccc(C)cc1. The molecule has 2 N–H and O–H groups in total. The molecular formula is C16H26N2O3S. The van der Waals surface area contributed by atoms with Crippen LogP contribution in [0.15, 0.2) is 29.2 Å². The summed E-state index contributed by atoms with van der Waals surface area (Å²) in [7, 11) is -3.72. The van der Waals surface area contributed by atoms with Crippen molar-refractivity contribution in [1.82, 2.24) is 10.3 Å². The van der Waals surface area contributed by atoms with E-state index in [9.17, 15) is 13.2 Å². The highest BCUT2D eigenvalue weighted by Gasteiger charge is 2.19. The molecule has 0 aliphatic rings. The maximum atomic E-state index is 12.1. The van der Waals surface area contributed by atoms with Crippen molar-refractivity contribution in [3.05, 3.63) is 29.8 Å². The highest BCUT2D eigenvalue weighted by atomic mass is 32.2. The zero-order valence-corrected chi connectivity index (χ0v) is 14.4. The third-order valence-corrected chi connectivity index (χ3v) is 4.92. The van der Waals surface area contributed by atoms with E-state index in [1.807, 2.05) is 13.8 Å². The summed E-state index contributed by atoms with van der Waals surface area (Å²) >= 11 is 0. The maximum Gasteiger partial charge on any atom is 0.257 e. The van der Waals surface area contributed by atoms with Gasteiger partial charge >= 0.3 is 0 Å². The van der Waals surface area contributed by atoms with Gasteiger partial charge in [-0.2, -0.15) is 0 Å². The Balaban J connectivity index is 2.59. The van der Waals surface area contributed by atoms with Crippen molar-refractivity contribution < 1.29 is 13.2 Å². The number of nitrogens with one attached hydrogen (secondary N) is 2. The molecule has 0 spiro atoms. The van der Waals surface area contributed by atoms with E-state index < -0.39 is 10.0 Å². The van der Waals surface area contributed by atoms with Crippen LogP contribution in [-0.2, 0) is 14.8 Å². The third kappa shape index (κ3) is 5.77. The summed E-state index contributed by atoms with van der Waals surface area (Å²) < 4.78 is 24.2. The van der Waals surface area contributed by atoms with Crippen LogP contribution < -0.4 is 10.3 Å². The van der Waals surface area contributed by atoms with E-state index >= 15 is 0 Å². The molecule has 124 valence electrons. The van der Waals surface area contributed by atoms with E-state index in [0.29, 0.717) is 6.42 Å². The van der Waals surface area contributed by atoms with Gasteiger partial charge < -0.3 is 0 Å². The van der Waals surface area contributed by atoms with Crippen LogP contribution in [0.4, 0.5) is 0 Å². The fourth-order valence-corrected chi connectivity index (χ4v) is 3.00. The van der Waals surface area contributed by atoms with Crippen LogP contribution in [0, 0.1) is 12.8 Å². The second kappa shape index (κ2) is 8.90. The second-order valence-corrected chi connectivity index (χ2v) is 7.19. The van der Waals surface area contributed by atoms with Gasteiger partial charge in [-0.3, -0.25) is 10.2 Å². The van der Waals surface area contributed by atoms with E-state index in [-0.39, 0.29) is 16.7 Å². The van der Waals surface area contributed by atoms with Crippen molar-refractivity contribution in [3.63, 3.8) is 0 Å². The number of rotatable bonds is 9. The lowest BCUT2D eigenvalue weighted by atomic mass is 9.98. The number of unbranched alkanes of at least 4 members (excludes halogenated alkanes) is 2. The Morgan fingerprint density at radius 1 is 1.14 bits per heavy atom. The lowest BCUT2D eigenvalue weighted by molar-refractivity contribution is -0.125. The molecule has 1 amide bonds. The van der Waals surface area contributed by atoms with Crippen LogP contribution in [0.2, 0.25) is 0 Å². The van der Waals surface area contributed by atoms with E-state index in [2.05, 4.69) is 17.2 Å². The van der Waals surface area contributed by atoms with E-state index in [1.54, 1.807) is 12.1 Å². The molecule has 0 radical (unpaired) electrons. The normalized spacial score (nSPS) is 12.9. The maximum absolute atomic E-state index is 12.1. The first kappa shape index (κ1) is 18.6. The first-order valence-corrected chi connectivity index (χ1v) is 9.27. The molecule has 0 aliphatic heterocycles. The summed E-state index contributed by atoms with van der Waals surface area (Å²) in [4.78, 5) is 14.4. The number of hydrogen-bond acceptors (Lipinski definition) is 3. The van der Waals surface area contributed by atoms with Crippen molar-refractivity contribution in [2.45, 2.75) is 57.8 Å². The van der Waals surface area contributed by atoms with Crippen LogP contribution in [0.1, 0.15) is 51.5 Å². The smallest absolute Gasteiger partial charge is 0.257 e. The van der Waals surface area contributed by atoms with Gasteiger partial charge in [0.25, 0.3) is 10.0 Å². The topological polar surface area (TPSA) is 75.3 Å². The molecular weight excluding hydrogens is 300 g/mol. The molecule has 0 saturated heterocycles. The molecule has 0 saturated carbocycles. The molecule has 1 aromatic rings. The van der Waals surface area contributed by atoms with E-state index in [1.165, 1.54) is 12.1 Å². The van der Waals surface area contributed by atoms with Gasteiger partial charge in [-0.25, -0.2) is 8.42 Å². The number of sulfonamides is 1. The molecule has 0 aromatic heterocycles. The van der Waals surface area contributed by atoms with Gasteiger partial charge in [0.15, 0.2) is 0 Å². The Morgan fingerprint density at radius 3 is 2.32 bits per heavy atom. The zero-order valence-electron chi connectivity index (χ0n) is 13.6. The molecule has 5 nitrogen and oxygen atoms in total. The van der Waals surface area contributed by atoms with Gasteiger partial charge in [0.05, 0.1) is 4.90 Å². The number of amides is 1. The minimum Gasteiger partial charge on any atom is -0.277 e. The second-order valence-electron chi connectivity index (χ2n) is 5.51. The fraction of sp³-hybridized carbons (Fsp3) is 0.562. The van der Waals surface area contributed by atoms with Crippen LogP contribution in [-0.4, -0.2) is 14.3 Å².